The Balaban J connectivity index is 1.48. The molecule has 23 heavy (non-hydrogen) atoms. The summed E-state index contributed by atoms with van der Waals surface area (Å²) >= 11 is 1.54. The maximum absolute atomic E-state index is 12.2. The van der Waals surface area contributed by atoms with E-state index in [0.29, 0.717) is 4.88 Å². The lowest BCUT2D eigenvalue weighted by Gasteiger charge is -2.22. The number of esters is 1. The second-order valence-corrected chi connectivity index (χ2v) is 7.74. The molecule has 0 atom stereocenters. The SMILES string of the molecule is O=C(COC(=O)c1cc2c(s1)CCCCC2)NC1CCCCC1. The van der Waals surface area contributed by atoms with Gasteiger partial charge in [-0.2, -0.15) is 0 Å². The van der Waals surface area contributed by atoms with Crippen LogP contribution in [0.3, 0.4) is 0 Å². The van der Waals surface area contributed by atoms with Crippen LogP contribution >= 0.6 is 11.3 Å². The average molecular weight is 335 g/mol. The minimum absolute atomic E-state index is 0.169. The lowest BCUT2D eigenvalue weighted by molar-refractivity contribution is -0.125. The lowest BCUT2D eigenvalue weighted by Crippen LogP contribution is -2.38. The minimum Gasteiger partial charge on any atom is -0.451 e. The molecule has 5 heteroatoms. The number of carbonyl (C=O) groups excluding carboxylic acids is 2. The van der Waals surface area contributed by atoms with Crippen LogP contribution in [0.5, 0.6) is 0 Å². The first-order chi connectivity index (χ1) is 11.2. The van der Waals surface area contributed by atoms with Crippen molar-refractivity contribution in [2.75, 3.05) is 6.61 Å². The first-order valence-corrected chi connectivity index (χ1v) is 9.62. The fourth-order valence-electron chi connectivity index (χ4n) is 3.49. The third kappa shape index (κ3) is 4.56. The van der Waals surface area contributed by atoms with Gasteiger partial charge in [0.2, 0.25) is 0 Å². The maximum Gasteiger partial charge on any atom is 0.348 e. The van der Waals surface area contributed by atoms with E-state index in [9.17, 15) is 9.59 Å². The highest BCUT2D eigenvalue weighted by Gasteiger charge is 2.20. The molecule has 0 spiro atoms. The van der Waals surface area contributed by atoms with Crippen LogP contribution < -0.4 is 5.32 Å². The molecule has 4 nitrogen and oxygen atoms in total. The summed E-state index contributed by atoms with van der Waals surface area (Å²) in [5, 5.41) is 2.97. The Morgan fingerprint density at radius 3 is 2.65 bits per heavy atom. The molecule has 2 aliphatic carbocycles. The third-order valence-electron chi connectivity index (χ3n) is 4.75. The van der Waals surface area contributed by atoms with E-state index in [-0.39, 0.29) is 24.5 Å². The molecular formula is C18H25NO3S. The van der Waals surface area contributed by atoms with E-state index in [0.717, 1.165) is 25.7 Å². The number of nitrogens with one attached hydrogen (secondary N) is 1. The molecule has 1 aromatic rings. The molecular weight excluding hydrogens is 310 g/mol. The summed E-state index contributed by atoms with van der Waals surface area (Å²) in [6.07, 6.45) is 11.5. The minimum atomic E-state index is -0.359. The van der Waals surface area contributed by atoms with Crippen LogP contribution in [0.25, 0.3) is 0 Å². The monoisotopic (exact) mass is 335 g/mol. The van der Waals surface area contributed by atoms with Gasteiger partial charge in [0.25, 0.3) is 5.91 Å². The zero-order valence-electron chi connectivity index (χ0n) is 13.6. The van der Waals surface area contributed by atoms with Crippen molar-refractivity contribution in [3.8, 4) is 0 Å². The van der Waals surface area contributed by atoms with Crippen molar-refractivity contribution >= 4 is 23.2 Å². The van der Waals surface area contributed by atoms with Gasteiger partial charge in [-0.25, -0.2) is 4.79 Å². The Bertz CT molecular complexity index is 537. The van der Waals surface area contributed by atoms with Crippen LogP contribution in [0, 0.1) is 0 Å². The van der Waals surface area contributed by atoms with Gasteiger partial charge in [-0.05, 0) is 50.2 Å². The highest BCUT2D eigenvalue weighted by molar-refractivity contribution is 7.14. The molecule has 0 radical (unpaired) electrons. The summed E-state index contributed by atoms with van der Waals surface area (Å²) in [6, 6.07) is 2.22. The molecule has 0 aliphatic heterocycles. The topological polar surface area (TPSA) is 55.4 Å². The first kappa shape index (κ1) is 16.5. The zero-order chi connectivity index (χ0) is 16.1. The van der Waals surface area contributed by atoms with E-state index < -0.39 is 0 Å². The molecule has 0 bridgehead atoms. The van der Waals surface area contributed by atoms with Crippen LogP contribution in [-0.2, 0) is 22.4 Å². The van der Waals surface area contributed by atoms with Gasteiger partial charge >= 0.3 is 5.97 Å². The lowest BCUT2D eigenvalue weighted by atomic mass is 9.95. The molecule has 126 valence electrons. The van der Waals surface area contributed by atoms with E-state index in [4.69, 9.17) is 4.74 Å². The molecule has 0 unspecified atom stereocenters. The zero-order valence-corrected chi connectivity index (χ0v) is 14.4. The molecule has 1 heterocycles. The maximum atomic E-state index is 12.2. The Kier molecular flexibility index (Phi) is 5.70. The number of hydrogen-bond acceptors (Lipinski definition) is 4. The van der Waals surface area contributed by atoms with E-state index in [1.807, 2.05) is 6.07 Å². The van der Waals surface area contributed by atoms with Crippen LogP contribution in [0.15, 0.2) is 6.07 Å². The molecule has 1 aromatic heterocycles. The summed E-state index contributed by atoms with van der Waals surface area (Å²) in [6.45, 7) is -0.169. The van der Waals surface area contributed by atoms with Crippen LogP contribution in [0.1, 0.15) is 71.5 Å². The van der Waals surface area contributed by atoms with Crippen molar-refractivity contribution in [1.82, 2.24) is 5.32 Å². The number of amides is 1. The fourth-order valence-corrected chi connectivity index (χ4v) is 4.63. The van der Waals surface area contributed by atoms with E-state index in [1.165, 1.54) is 60.3 Å². The number of thiophene rings is 1. The molecule has 1 fully saturated rings. The number of carbonyl (C=O) groups is 2. The summed E-state index contributed by atoms with van der Waals surface area (Å²) in [5.41, 5.74) is 1.30. The van der Waals surface area contributed by atoms with Crippen molar-refractivity contribution in [3.05, 3.63) is 21.4 Å². The smallest absolute Gasteiger partial charge is 0.348 e. The summed E-state index contributed by atoms with van der Waals surface area (Å²) in [4.78, 5) is 26.0. The molecule has 1 amide bonds. The van der Waals surface area contributed by atoms with Gasteiger partial charge in [-0.3, -0.25) is 4.79 Å². The van der Waals surface area contributed by atoms with Crippen LogP contribution in [-0.4, -0.2) is 24.5 Å². The Labute approximate surface area is 141 Å². The summed E-state index contributed by atoms with van der Waals surface area (Å²) in [5.74, 6) is -0.537. The second kappa shape index (κ2) is 7.95. The number of ether oxygens (including phenoxy) is 1. The van der Waals surface area contributed by atoms with E-state index in [2.05, 4.69) is 5.32 Å². The third-order valence-corrected chi connectivity index (χ3v) is 5.97. The second-order valence-electron chi connectivity index (χ2n) is 6.60. The molecule has 0 saturated heterocycles. The number of rotatable bonds is 4. The first-order valence-electron chi connectivity index (χ1n) is 8.80. The van der Waals surface area contributed by atoms with Crippen LogP contribution in [0.2, 0.25) is 0 Å². The van der Waals surface area contributed by atoms with E-state index in [1.54, 1.807) is 0 Å². The van der Waals surface area contributed by atoms with Crippen molar-refractivity contribution in [2.24, 2.45) is 0 Å². The number of aryl methyl sites for hydroxylation is 2. The highest BCUT2D eigenvalue weighted by Crippen LogP contribution is 2.29. The quantitative estimate of drug-likeness (QED) is 0.675. The van der Waals surface area contributed by atoms with Gasteiger partial charge in [0.15, 0.2) is 6.61 Å². The standard InChI is InChI=1S/C18H25NO3S/c20-17(19-14-8-4-2-5-9-14)12-22-18(21)16-11-13-7-3-1-6-10-15(13)23-16/h11,14H,1-10,12H2,(H,19,20). The van der Waals surface area contributed by atoms with Crippen molar-refractivity contribution in [1.29, 1.82) is 0 Å². The Hall–Kier alpha value is -1.36. The number of fused-ring (bicyclic) bond motifs is 1. The molecule has 1 N–H and O–H groups in total. The van der Waals surface area contributed by atoms with Crippen molar-refractivity contribution < 1.29 is 14.3 Å². The largest absolute Gasteiger partial charge is 0.451 e. The summed E-state index contributed by atoms with van der Waals surface area (Å²) in [7, 11) is 0. The Morgan fingerprint density at radius 1 is 1.09 bits per heavy atom. The Morgan fingerprint density at radius 2 is 1.83 bits per heavy atom. The molecule has 0 aromatic carbocycles. The predicted octanol–water partition coefficient (Wildman–Crippen LogP) is 3.62. The van der Waals surface area contributed by atoms with Gasteiger partial charge in [0.1, 0.15) is 4.88 Å². The molecule has 3 rings (SSSR count). The average Bonchev–Trinajstić information content (AvgIpc) is 2.84. The predicted molar refractivity (Wildman–Crippen MR) is 90.9 cm³/mol. The summed E-state index contributed by atoms with van der Waals surface area (Å²) < 4.78 is 5.20. The van der Waals surface area contributed by atoms with Gasteiger partial charge < -0.3 is 10.1 Å². The number of hydrogen-bond donors (Lipinski definition) is 1. The van der Waals surface area contributed by atoms with Gasteiger partial charge in [-0.1, -0.05) is 25.7 Å². The van der Waals surface area contributed by atoms with E-state index >= 15 is 0 Å². The highest BCUT2D eigenvalue weighted by atomic mass is 32.1. The van der Waals surface area contributed by atoms with Gasteiger partial charge in [0.05, 0.1) is 0 Å². The van der Waals surface area contributed by atoms with Gasteiger partial charge in [-0.15, -0.1) is 11.3 Å². The van der Waals surface area contributed by atoms with Crippen molar-refractivity contribution in [2.45, 2.75) is 70.3 Å². The van der Waals surface area contributed by atoms with Crippen LogP contribution in [0.4, 0.5) is 0 Å². The molecule has 1 saturated carbocycles. The van der Waals surface area contributed by atoms with Gasteiger partial charge in [0, 0.05) is 10.9 Å². The fraction of sp³-hybridized carbons (Fsp3) is 0.667. The normalized spacial score (nSPS) is 18.8. The molecule has 2 aliphatic rings. The van der Waals surface area contributed by atoms with Crippen molar-refractivity contribution in [3.63, 3.8) is 0 Å².